The van der Waals surface area contributed by atoms with Crippen LogP contribution in [-0.4, -0.2) is 30.3 Å². The van der Waals surface area contributed by atoms with Crippen molar-refractivity contribution in [2.75, 3.05) is 18.1 Å². The van der Waals surface area contributed by atoms with Gasteiger partial charge in [0.1, 0.15) is 12.4 Å². The van der Waals surface area contributed by atoms with Crippen molar-refractivity contribution in [3.05, 3.63) is 36.4 Å². The van der Waals surface area contributed by atoms with Crippen molar-refractivity contribution in [2.24, 2.45) is 0 Å². The summed E-state index contributed by atoms with van der Waals surface area (Å²) in [6.07, 6.45) is 1.80. The molecule has 90 valence electrons. The van der Waals surface area contributed by atoms with Crippen LogP contribution in [0.5, 0.6) is 5.75 Å². The van der Waals surface area contributed by atoms with Crippen molar-refractivity contribution >= 4 is 11.7 Å². The third-order valence-electron chi connectivity index (χ3n) is 2.85. The molecule has 0 fully saturated rings. The van der Waals surface area contributed by atoms with E-state index in [-0.39, 0.29) is 11.6 Å². The molecule has 1 heterocycles. The Kier molecular flexibility index (Phi) is 3.04. The quantitative estimate of drug-likeness (QED) is 0.813. The Balaban J connectivity index is 2.44. The van der Waals surface area contributed by atoms with E-state index in [9.17, 15) is 4.79 Å². The Labute approximate surface area is 100 Å². The lowest BCUT2D eigenvalue weighted by Gasteiger charge is -2.36. The van der Waals surface area contributed by atoms with Gasteiger partial charge in [0, 0.05) is 6.54 Å². The summed E-state index contributed by atoms with van der Waals surface area (Å²) >= 11 is 0. The van der Waals surface area contributed by atoms with E-state index in [1.165, 1.54) is 0 Å². The third kappa shape index (κ3) is 2.11. The second kappa shape index (κ2) is 4.49. The molecule has 1 aliphatic heterocycles. The van der Waals surface area contributed by atoms with E-state index in [4.69, 9.17) is 9.84 Å². The molecule has 1 aliphatic rings. The monoisotopic (exact) mass is 233 g/mol. The van der Waals surface area contributed by atoms with E-state index < -0.39 is 5.97 Å². The molecule has 0 spiro atoms. The maximum atomic E-state index is 11.0. The zero-order chi connectivity index (χ0) is 12.4. The zero-order valence-electron chi connectivity index (χ0n) is 9.72. The number of aromatic carboxylic acids is 1. The molecule has 1 atom stereocenters. The number of carboxylic acid groups (broad SMARTS) is 1. The lowest BCUT2D eigenvalue weighted by atomic mass is 10.1. The van der Waals surface area contributed by atoms with Crippen LogP contribution >= 0.6 is 0 Å². The molecule has 0 aromatic heterocycles. The summed E-state index contributed by atoms with van der Waals surface area (Å²) in [5.41, 5.74) is 1.10. The van der Waals surface area contributed by atoms with E-state index in [0.29, 0.717) is 13.2 Å². The largest absolute Gasteiger partial charge is 0.489 e. The molecule has 2 rings (SSSR count). The summed E-state index contributed by atoms with van der Waals surface area (Å²) in [5.74, 6) is -0.195. The van der Waals surface area contributed by atoms with Crippen molar-refractivity contribution in [2.45, 2.75) is 13.0 Å². The Morgan fingerprint density at radius 2 is 2.47 bits per heavy atom. The number of fused-ring (bicyclic) bond motifs is 1. The van der Waals surface area contributed by atoms with Crippen LogP contribution in [0.3, 0.4) is 0 Å². The molecule has 17 heavy (non-hydrogen) atoms. The Morgan fingerprint density at radius 1 is 1.71 bits per heavy atom. The van der Waals surface area contributed by atoms with E-state index in [1.807, 2.05) is 6.92 Å². The molecule has 4 heteroatoms. The van der Waals surface area contributed by atoms with Gasteiger partial charge in [-0.3, -0.25) is 0 Å². The third-order valence-corrected chi connectivity index (χ3v) is 2.85. The summed E-state index contributed by atoms with van der Waals surface area (Å²) in [7, 11) is 0. The minimum atomic E-state index is -0.926. The van der Waals surface area contributed by atoms with E-state index in [0.717, 1.165) is 11.4 Å². The Morgan fingerprint density at radius 3 is 3.12 bits per heavy atom. The molecule has 0 saturated carbocycles. The standard InChI is InChI=1S/C13H15NO3/c1-3-6-14-9(2)8-17-12-5-4-10(13(15)16)7-11(12)14/h3-5,7,9H,1,6,8H2,2H3,(H,15,16)/t9-/m0/s1. The van der Waals surface area contributed by atoms with Crippen molar-refractivity contribution in [3.8, 4) is 5.75 Å². The fourth-order valence-electron chi connectivity index (χ4n) is 1.95. The SMILES string of the molecule is C=CCN1c2cc(C(=O)O)ccc2OC[C@@H]1C. The predicted octanol–water partition coefficient (Wildman–Crippen LogP) is 2.16. The van der Waals surface area contributed by atoms with Gasteiger partial charge in [-0.25, -0.2) is 4.79 Å². The van der Waals surface area contributed by atoms with Crippen LogP contribution in [0.1, 0.15) is 17.3 Å². The van der Waals surface area contributed by atoms with Crippen LogP contribution in [0.25, 0.3) is 0 Å². The molecule has 0 saturated heterocycles. The Bertz CT molecular complexity index is 456. The van der Waals surface area contributed by atoms with E-state index >= 15 is 0 Å². The lowest BCUT2D eigenvalue weighted by Crippen LogP contribution is -2.41. The molecule has 1 N–H and O–H groups in total. The van der Waals surface area contributed by atoms with Crippen LogP contribution in [0.2, 0.25) is 0 Å². The predicted molar refractivity (Wildman–Crippen MR) is 65.9 cm³/mol. The summed E-state index contributed by atoms with van der Waals surface area (Å²) in [6, 6.07) is 5.13. The fraction of sp³-hybridized carbons (Fsp3) is 0.308. The number of carboxylic acids is 1. The summed E-state index contributed by atoms with van der Waals surface area (Å²) < 4.78 is 5.58. The van der Waals surface area contributed by atoms with Gasteiger partial charge in [-0.05, 0) is 25.1 Å². The molecule has 1 aromatic rings. The zero-order valence-corrected chi connectivity index (χ0v) is 9.72. The number of carbonyl (C=O) groups is 1. The number of hydrogen-bond acceptors (Lipinski definition) is 3. The van der Waals surface area contributed by atoms with Crippen LogP contribution in [0.15, 0.2) is 30.9 Å². The first-order chi connectivity index (χ1) is 8.13. The van der Waals surface area contributed by atoms with Gasteiger partial charge in [-0.1, -0.05) is 6.08 Å². The highest BCUT2D eigenvalue weighted by Crippen LogP contribution is 2.34. The molecule has 0 unspecified atom stereocenters. The van der Waals surface area contributed by atoms with Crippen LogP contribution in [0.4, 0.5) is 5.69 Å². The number of rotatable bonds is 3. The van der Waals surface area contributed by atoms with E-state index in [1.54, 1.807) is 24.3 Å². The second-order valence-electron chi connectivity index (χ2n) is 4.09. The van der Waals surface area contributed by atoms with E-state index in [2.05, 4.69) is 11.5 Å². The maximum Gasteiger partial charge on any atom is 0.335 e. The fourth-order valence-corrected chi connectivity index (χ4v) is 1.95. The first-order valence-electron chi connectivity index (χ1n) is 5.51. The minimum Gasteiger partial charge on any atom is -0.489 e. The van der Waals surface area contributed by atoms with Gasteiger partial charge >= 0.3 is 5.97 Å². The summed E-state index contributed by atoms with van der Waals surface area (Å²) in [5, 5.41) is 8.99. The Hall–Kier alpha value is -1.97. The average molecular weight is 233 g/mol. The molecular formula is C13H15NO3. The van der Waals surface area contributed by atoms with Gasteiger partial charge < -0.3 is 14.7 Å². The van der Waals surface area contributed by atoms with Gasteiger partial charge in [-0.15, -0.1) is 6.58 Å². The smallest absolute Gasteiger partial charge is 0.335 e. The van der Waals surface area contributed by atoms with Gasteiger partial charge in [0.2, 0.25) is 0 Å². The molecule has 0 radical (unpaired) electrons. The van der Waals surface area contributed by atoms with Crippen LogP contribution in [0, 0.1) is 0 Å². The topological polar surface area (TPSA) is 49.8 Å². The van der Waals surface area contributed by atoms with Gasteiger partial charge in [0.05, 0.1) is 17.3 Å². The van der Waals surface area contributed by atoms with Crippen molar-refractivity contribution in [3.63, 3.8) is 0 Å². The maximum absolute atomic E-state index is 11.0. The van der Waals surface area contributed by atoms with Crippen LogP contribution in [-0.2, 0) is 0 Å². The molecule has 4 nitrogen and oxygen atoms in total. The molecule has 1 aromatic carbocycles. The number of nitrogens with zero attached hydrogens (tertiary/aromatic N) is 1. The number of anilines is 1. The first-order valence-corrected chi connectivity index (χ1v) is 5.51. The molecule has 0 amide bonds. The second-order valence-corrected chi connectivity index (χ2v) is 4.09. The van der Waals surface area contributed by atoms with Gasteiger partial charge in [0.15, 0.2) is 0 Å². The van der Waals surface area contributed by atoms with Crippen LogP contribution < -0.4 is 9.64 Å². The average Bonchev–Trinajstić information content (AvgIpc) is 2.32. The highest BCUT2D eigenvalue weighted by atomic mass is 16.5. The lowest BCUT2D eigenvalue weighted by molar-refractivity contribution is 0.0697. The highest BCUT2D eigenvalue weighted by Gasteiger charge is 2.24. The molecule has 0 bridgehead atoms. The number of ether oxygens (including phenoxy) is 1. The highest BCUT2D eigenvalue weighted by molar-refractivity contribution is 5.89. The van der Waals surface area contributed by atoms with Gasteiger partial charge in [-0.2, -0.15) is 0 Å². The van der Waals surface area contributed by atoms with Crippen molar-refractivity contribution < 1.29 is 14.6 Å². The first kappa shape index (κ1) is 11.5. The summed E-state index contributed by atoms with van der Waals surface area (Å²) in [6.45, 7) is 7.05. The summed E-state index contributed by atoms with van der Waals surface area (Å²) in [4.78, 5) is 13.0. The normalized spacial score (nSPS) is 18.2. The molecule has 0 aliphatic carbocycles. The van der Waals surface area contributed by atoms with Gasteiger partial charge in [0.25, 0.3) is 0 Å². The minimum absolute atomic E-state index is 0.213. The molecular weight excluding hydrogens is 218 g/mol. The number of hydrogen-bond donors (Lipinski definition) is 1. The number of benzene rings is 1. The van der Waals surface area contributed by atoms with Crippen molar-refractivity contribution in [1.29, 1.82) is 0 Å². The van der Waals surface area contributed by atoms with Crippen molar-refractivity contribution in [1.82, 2.24) is 0 Å².